The Morgan fingerprint density at radius 1 is 1.37 bits per heavy atom. The van der Waals surface area contributed by atoms with Gasteiger partial charge in [0.1, 0.15) is 5.76 Å². The van der Waals surface area contributed by atoms with E-state index in [0.29, 0.717) is 6.04 Å². The minimum Gasteiger partial charge on any atom is -0.363 e. The summed E-state index contributed by atoms with van der Waals surface area (Å²) in [6.07, 6.45) is 4.24. The Bertz CT molecular complexity index is 697. The predicted molar refractivity (Wildman–Crippen MR) is 113 cm³/mol. The lowest BCUT2D eigenvalue weighted by atomic mass is 10.1. The molecule has 2 N–H and O–H groups in total. The zero-order valence-corrected chi connectivity index (χ0v) is 17.4. The lowest BCUT2D eigenvalue weighted by Crippen LogP contribution is -2.48. The van der Waals surface area contributed by atoms with Gasteiger partial charge < -0.3 is 20.1 Å². The summed E-state index contributed by atoms with van der Waals surface area (Å²) in [5, 5.41) is 14.6. The van der Waals surface area contributed by atoms with Crippen LogP contribution in [0.25, 0.3) is 0 Å². The Labute approximate surface area is 166 Å². The Morgan fingerprint density at radius 3 is 2.81 bits per heavy atom. The maximum absolute atomic E-state index is 5.23. The van der Waals surface area contributed by atoms with E-state index in [9.17, 15) is 0 Å². The van der Waals surface area contributed by atoms with Crippen molar-refractivity contribution in [2.24, 2.45) is 4.99 Å². The Kier molecular flexibility index (Phi) is 7.15. The van der Waals surface area contributed by atoms with Crippen LogP contribution in [0.15, 0.2) is 27.0 Å². The first kappa shape index (κ1) is 19.7. The fraction of sp³-hybridized carbons (Fsp3) is 0.600. The van der Waals surface area contributed by atoms with Crippen LogP contribution in [0.5, 0.6) is 0 Å². The summed E-state index contributed by atoms with van der Waals surface area (Å²) in [5.41, 5.74) is 2.23. The molecule has 1 saturated heterocycles. The molecule has 0 aliphatic carbocycles. The van der Waals surface area contributed by atoms with E-state index >= 15 is 0 Å². The number of aryl methyl sites for hydroxylation is 2. The highest BCUT2D eigenvalue weighted by atomic mass is 32.1. The quantitative estimate of drug-likeness (QED) is 0.431. The van der Waals surface area contributed by atoms with Gasteiger partial charge in [0.2, 0.25) is 0 Å². The Morgan fingerprint density at radius 2 is 2.19 bits per heavy atom. The van der Waals surface area contributed by atoms with E-state index in [1.807, 2.05) is 25.2 Å². The van der Waals surface area contributed by atoms with Crippen molar-refractivity contribution in [3.05, 3.63) is 34.5 Å². The van der Waals surface area contributed by atoms with E-state index in [4.69, 9.17) is 9.52 Å². The number of hydrogen-bond acceptors (Lipinski definition) is 5. The van der Waals surface area contributed by atoms with Crippen molar-refractivity contribution in [2.45, 2.75) is 52.5 Å². The average molecular weight is 390 g/mol. The van der Waals surface area contributed by atoms with Gasteiger partial charge in [0, 0.05) is 37.8 Å². The predicted octanol–water partition coefficient (Wildman–Crippen LogP) is 3.51. The number of nitrogens with one attached hydrogen (secondary N) is 2. The summed E-state index contributed by atoms with van der Waals surface area (Å²) in [6, 6.07) is 4.83. The molecule has 3 rings (SSSR count). The molecule has 0 radical (unpaired) electrons. The van der Waals surface area contributed by atoms with Crippen LogP contribution in [0.2, 0.25) is 0 Å². The van der Waals surface area contributed by atoms with Crippen LogP contribution < -0.4 is 15.5 Å². The third kappa shape index (κ3) is 5.48. The molecule has 6 nitrogen and oxygen atoms in total. The van der Waals surface area contributed by atoms with E-state index in [0.717, 1.165) is 69.3 Å². The van der Waals surface area contributed by atoms with Crippen LogP contribution in [-0.2, 0) is 6.42 Å². The summed E-state index contributed by atoms with van der Waals surface area (Å²) in [4.78, 5) is 7.25. The summed E-state index contributed by atoms with van der Waals surface area (Å²) in [7, 11) is 0. The lowest BCUT2D eigenvalue weighted by molar-refractivity contribution is 0.392. The Hall–Kier alpha value is -2.02. The van der Waals surface area contributed by atoms with Crippen molar-refractivity contribution >= 4 is 22.3 Å². The van der Waals surface area contributed by atoms with Crippen molar-refractivity contribution < 1.29 is 4.52 Å². The standard InChI is InChI=1S/C20H31N5OS/c1-4-21-20(22-11-5-7-18-15(2)24-26-16(18)3)23-17-9-12-25(13-10-17)19-8-6-14-27-19/h6,8,14,17H,4-5,7,9-13H2,1-3H3,(H2,21,22,23). The minimum atomic E-state index is 0.488. The van der Waals surface area contributed by atoms with E-state index in [1.54, 1.807) is 0 Å². The molecule has 0 atom stereocenters. The SMILES string of the molecule is CCNC(=NCCCc1c(C)noc1C)NC1CCN(c2cccs2)CC1. The normalized spacial score (nSPS) is 16.0. The summed E-state index contributed by atoms with van der Waals surface area (Å²) >= 11 is 1.83. The highest BCUT2D eigenvalue weighted by Gasteiger charge is 2.20. The molecule has 2 aromatic heterocycles. The Balaban J connectivity index is 1.45. The van der Waals surface area contributed by atoms with Crippen LogP contribution >= 0.6 is 11.3 Å². The average Bonchev–Trinajstić information content (AvgIpc) is 3.31. The van der Waals surface area contributed by atoms with Gasteiger partial charge in [0.15, 0.2) is 5.96 Å². The third-order valence-corrected chi connectivity index (χ3v) is 5.96. The van der Waals surface area contributed by atoms with Gasteiger partial charge >= 0.3 is 0 Å². The number of anilines is 1. The lowest BCUT2D eigenvalue weighted by Gasteiger charge is -2.33. The first-order chi connectivity index (χ1) is 13.2. The smallest absolute Gasteiger partial charge is 0.191 e. The molecular weight excluding hydrogens is 358 g/mol. The van der Waals surface area contributed by atoms with Crippen LogP contribution in [-0.4, -0.2) is 43.3 Å². The molecule has 3 heterocycles. The molecule has 0 unspecified atom stereocenters. The highest BCUT2D eigenvalue weighted by Crippen LogP contribution is 2.24. The fourth-order valence-corrected chi connectivity index (χ4v) is 4.30. The molecule has 0 amide bonds. The van der Waals surface area contributed by atoms with Gasteiger partial charge in [0.25, 0.3) is 0 Å². The fourth-order valence-electron chi connectivity index (χ4n) is 3.51. The summed E-state index contributed by atoms with van der Waals surface area (Å²) < 4.78 is 5.23. The second-order valence-corrected chi connectivity index (χ2v) is 7.95. The summed E-state index contributed by atoms with van der Waals surface area (Å²) in [6.45, 7) is 9.97. The third-order valence-electron chi connectivity index (χ3n) is 5.03. The molecule has 0 bridgehead atoms. The topological polar surface area (TPSA) is 65.7 Å². The molecule has 0 saturated carbocycles. The molecule has 7 heteroatoms. The molecule has 2 aromatic rings. The van der Waals surface area contributed by atoms with Gasteiger partial charge in [-0.15, -0.1) is 11.3 Å². The molecule has 1 fully saturated rings. The summed E-state index contributed by atoms with van der Waals surface area (Å²) in [5.74, 6) is 1.87. The number of piperidine rings is 1. The molecular formula is C20H31N5OS. The molecule has 0 spiro atoms. The van der Waals surface area contributed by atoms with Crippen molar-refractivity contribution in [2.75, 3.05) is 31.1 Å². The number of hydrogen-bond donors (Lipinski definition) is 2. The van der Waals surface area contributed by atoms with Gasteiger partial charge in [-0.3, -0.25) is 4.99 Å². The van der Waals surface area contributed by atoms with Crippen LogP contribution in [0.1, 0.15) is 43.2 Å². The number of aromatic nitrogens is 1. The monoisotopic (exact) mass is 389 g/mol. The van der Waals surface area contributed by atoms with Crippen molar-refractivity contribution in [3.8, 4) is 0 Å². The second kappa shape index (κ2) is 9.78. The van der Waals surface area contributed by atoms with Crippen LogP contribution in [0, 0.1) is 13.8 Å². The number of aliphatic imine (C=N–C) groups is 1. The minimum absolute atomic E-state index is 0.488. The molecule has 27 heavy (non-hydrogen) atoms. The van der Waals surface area contributed by atoms with Gasteiger partial charge in [0.05, 0.1) is 10.7 Å². The zero-order chi connectivity index (χ0) is 19.1. The van der Waals surface area contributed by atoms with Gasteiger partial charge in [-0.25, -0.2) is 0 Å². The van der Waals surface area contributed by atoms with Crippen molar-refractivity contribution in [3.63, 3.8) is 0 Å². The number of thiophene rings is 1. The molecule has 1 aliphatic heterocycles. The van der Waals surface area contributed by atoms with Crippen LogP contribution in [0.3, 0.4) is 0 Å². The maximum Gasteiger partial charge on any atom is 0.191 e. The molecule has 0 aromatic carbocycles. The zero-order valence-electron chi connectivity index (χ0n) is 16.6. The number of nitrogens with zero attached hydrogens (tertiary/aromatic N) is 3. The van der Waals surface area contributed by atoms with Crippen molar-refractivity contribution in [1.82, 2.24) is 15.8 Å². The van der Waals surface area contributed by atoms with E-state index in [-0.39, 0.29) is 0 Å². The van der Waals surface area contributed by atoms with E-state index < -0.39 is 0 Å². The maximum atomic E-state index is 5.23. The highest BCUT2D eigenvalue weighted by molar-refractivity contribution is 7.14. The second-order valence-electron chi connectivity index (χ2n) is 7.02. The molecule has 1 aliphatic rings. The first-order valence-corrected chi connectivity index (χ1v) is 10.8. The van der Waals surface area contributed by atoms with Gasteiger partial charge in [-0.05, 0) is 64.0 Å². The van der Waals surface area contributed by atoms with Crippen molar-refractivity contribution in [1.29, 1.82) is 0 Å². The number of guanidine groups is 1. The van der Waals surface area contributed by atoms with Gasteiger partial charge in [-0.2, -0.15) is 0 Å². The largest absolute Gasteiger partial charge is 0.363 e. The molecule has 148 valence electrons. The van der Waals surface area contributed by atoms with E-state index in [1.165, 1.54) is 10.6 Å². The number of rotatable bonds is 7. The first-order valence-electron chi connectivity index (χ1n) is 9.92. The van der Waals surface area contributed by atoms with Crippen LogP contribution in [0.4, 0.5) is 5.00 Å². The van der Waals surface area contributed by atoms with Gasteiger partial charge in [-0.1, -0.05) is 5.16 Å². The van der Waals surface area contributed by atoms with E-state index in [2.05, 4.69) is 45.1 Å².